The van der Waals surface area contributed by atoms with Gasteiger partial charge in [-0.05, 0) is 42.5 Å². The number of nitrogens with zero attached hydrogens (tertiary/aromatic N) is 3. The number of alkyl halides is 3. The van der Waals surface area contributed by atoms with E-state index in [0.29, 0.717) is 36.0 Å². The molecule has 0 bridgehead atoms. The summed E-state index contributed by atoms with van der Waals surface area (Å²) in [7, 11) is 0. The van der Waals surface area contributed by atoms with Crippen molar-refractivity contribution in [3.63, 3.8) is 0 Å². The van der Waals surface area contributed by atoms with Crippen molar-refractivity contribution in [2.24, 2.45) is 0 Å². The Balaban J connectivity index is 1.28. The molecule has 2 aromatic carbocycles. The van der Waals surface area contributed by atoms with Crippen molar-refractivity contribution in [2.75, 3.05) is 25.1 Å². The van der Waals surface area contributed by atoms with Crippen molar-refractivity contribution in [3.05, 3.63) is 77.0 Å². The lowest BCUT2D eigenvalue weighted by molar-refractivity contribution is -0.143. The average Bonchev–Trinajstić information content (AvgIpc) is 3.23. The minimum atomic E-state index is -4.47. The Morgan fingerprint density at radius 1 is 1.15 bits per heavy atom. The van der Waals surface area contributed by atoms with Crippen LogP contribution < -0.4 is 10.6 Å². The molecule has 1 aromatic heterocycles. The van der Waals surface area contributed by atoms with Crippen LogP contribution in [0, 0.1) is 6.92 Å². The third kappa shape index (κ3) is 6.59. The van der Waals surface area contributed by atoms with Crippen LogP contribution in [0.15, 0.2) is 54.7 Å². The minimum absolute atomic E-state index is 0.191. The molecule has 210 valence electrons. The van der Waals surface area contributed by atoms with Gasteiger partial charge in [-0.15, -0.1) is 0 Å². The van der Waals surface area contributed by atoms with Crippen LogP contribution in [0.5, 0.6) is 0 Å². The third-order valence-corrected chi connectivity index (χ3v) is 7.10. The number of carbonyl (C=O) groups is 2. The summed E-state index contributed by atoms with van der Waals surface area (Å²) in [5.74, 6) is -0.509. The molecule has 2 N–H and O–H groups in total. The Hall–Kier alpha value is -3.99. The summed E-state index contributed by atoms with van der Waals surface area (Å²) in [4.78, 5) is 36.5. The first kappa shape index (κ1) is 27.6. The normalized spacial score (nSPS) is 16.5. The van der Waals surface area contributed by atoms with Gasteiger partial charge in [0.2, 0.25) is 11.9 Å². The van der Waals surface area contributed by atoms with Crippen LogP contribution in [0.1, 0.15) is 52.4 Å². The quantitative estimate of drug-likeness (QED) is 0.416. The largest absolute Gasteiger partial charge is 0.391 e. The summed E-state index contributed by atoms with van der Waals surface area (Å²) in [6.07, 6.45) is -2.20. The van der Waals surface area contributed by atoms with E-state index in [4.69, 9.17) is 9.72 Å². The first-order chi connectivity index (χ1) is 19.2. The zero-order valence-corrected chi connectivity index (χ0v) is 22.0. The predicted octanol–water partition coefficient (Wildman–Crippen LogP) is 4.81. The van der Waals surface area contributed by atoms with E-state index in [1.165, 1.54) is 17.0 Å². The van der Waals surface area contributed by atoms with Crippen molar-refractivity contribution in [3.8, 4) is 11.3 Å². The lowest BCUT2D eigenvalue weighted by Crippen LogP contribution is -2.40. The van der Waals surface area contributed by atoms with Crippen LogP contribution in [0.25, 0.3) is 11.3 Å². The van der Waals surface area contributed by atoms with E-state index in [9.17, 15) is 22.8 Å². The van der Waals surface area contributed by atoms with E-state index in [1.54, 1.807) is 30.5 Å². The smallest absolute Gasteiger partial charge is 0.381 e. The molecule has 1 atom stereocenters. The minimum Gasteiger partial charge on any atom is -0.381 e. The van der Waals surface area contributed by atoms with Gasteiger partial charge >= 0.3 is 6.18 Å². The number of hydrogen-bond donors (Lipinski definition) is 2. The molecule has 0 spiro atoms. The maximum atomic E-state index is 13.2. The van der Waals surface area contributed by atoms with Crippen LogP contribution >= 0.6 is 0 Å². The molecule has 0 radical (unpaired) electrons. The first-order valence-corrected chi connectivity index (χ1v) is 13.2. The van der Waals surface area contributed by atoms with Gasteiger partial charge < -0.3 is 20.3 Å². The molecule has 2 amide bonds. The third-order valence-electron chi connectivity index (χ3n) is 7.10. The number of hydrogen-bond acceptors (Lipinski definition) is 6. The van der Waals surface area contributed by atoms with Gasteiger partial charge in [-0.2, -0.15) is 13.2 Å². The number of halogens is 3. The molecule has 0 aliphatic carbocycles. The zero-order valence-electron chi connectivity index (χ0n) is 22.0. The standard InChI is InChI=1S/C29H30F3N5O3/c1-18-15-33-28(34-22-9-11-40-12-10-22)36-26(18)20-7-8-21-16-37(27(39)23(21)13-20)17-25(38)35-24(14-29(30,31)32)19-5-3-2-4-6-19/h2-8,13,15,22,24H,9-12,14,16-17H2,1H3,(H,35,38)(H,33,34,36). The number of ether oxygens (including phenoxy) is 1. The van der Waals surface area contributed by atoms with Gasteiger partial charge in [0.25, 0.3) is 5.91 Å². The second-order valence-corrected chi connectivity index (χ2v) is 10.1. The lowest BCUT2D eigenvalue weighted by atomic mass is 10.0. The molecule has 11 heteroatoms. The summed E-state index contributed by atoms with van der Waals surface area (Å²) in [5.41, 5.74) is 3.80. The van der Waals surface area contributed by atoms with Crippen LogP contribution in [-0.4, -0.2) is 58.7 Å². The molecule has 3 heterocycles. The van der Waals surface area contributed by atoms with Crippen LogP contribution in [0.2, 0.25) is 0 Å². The van der Waals surface area contributed by atoms with Crippen LogP contribution in [0.4, 0.5) is 19.1 Å². The highest BCUT2D eigenvalue weighted by Gasteiger charge is 2.35. The Bertz CT molecular complexity index is 1380. The van der Waals surface area contributed by atoms with Gasteiger partial charge in [0.05, 0.1) is 18.2 Å². The van der Waals surface area contributed by atoms with E-state index in [-0.39, 0.29) is 25.0 Å². The van der Waals surface area contributed by atoms with E-state index >= 15 is 0 Å². The van der Waals surface area contributed by atoms with E-state index in [2.05, 4.69) is 15.6 Å². The van der Waals surface area contributed by atoms with Crippen molar-refractivity contribution in [2.45, 2.75) is 51.0 Å². The van der Waals surface area contributed by atoms with E-state index in [1.807, 2.05) is 19.1 Å². The predicted molar refractivity (Wildman–Crippen MR) is 142 cm³/mol. The number of anilines is 1. The molecular weight excluding hydrogens is 523 g/mol. The molecule has 40 heavy (non-hydrogen) atoms. The molecule has 2 aliphatic rings. The molecular formula is C29H30F3N5O3. The van der Waals surface area contributed by atoms with Crippen molar-refractivity contribution in [1.29, 1.82) is 0 Å². The number of nitrogens with one attached hydrogen (secondary N) is 2. The van der Waals surface area contributed by atoms with Crippen molar-refractivity contribution < 1.29 is 27.5 Å². The van der Waals surface area contributed by atoms with Gasteiger partial charge in [0.1, 0.15) is 6.54 Å². The summed E-state index contributed by atoms with van der Waals surface area (Å²) in [6.45, 7) is 3.11. The second-order valence-electron chi connectivity index (χ2n) is 10.1. The maximum Gasteiger partial charge on any atom is 0.391 e. The number of fused-ring (bicyclic) bond motifs is 1. The molecule has 5 rings (SSSR count). The highest BCUT2D eigenvalue weighted by atomic mass is 19.4. The monoisotopic (exact) mass is 553 g/mol. The number of benzene rings is 2. The highest BCUT2D eigenvalue weighted by Crippen LogP contribution is 2.31. The fraction of sp³-hybridized carbons (Fsp3) is 0.379. The molecule has 0 saturated carbocycles. The fourth-order valence-electron chi connectivity index (χ4n) is 5.05. The second kappa shape index (κ2) is 11.6. The van der Waals surface area contributed by atoms with Gasteiger partial charge in [-0.25, -0.2) is 9.97 Å². The molecule has 8 nitrogen and oxygen atoms in total. The SMILES string of the molecule is Cc1cnc(NC2CCOCC2)nc1-c1ccc2c(c1)C(=O)N(CC(=O)NC(CC(F)(F)F)c1ccccc1)C2. The maximum absolute atomic E-state index is 13.2. The Kier molecular flexibility index (Phi) is 8.02. The summed E-state index contributed by atoms with van der Waals surface area (Å²) in [6, 6.07) is 12.4. The number of carbonyl (C=O) groups excluding carboxylic acids is 2. The van der Waals surface area contributed by atoms with E-state index < -0.39 is 24.5 Å². The summed E-state index contributed by atoms with van der Waals surface area (Å²) >= 11 is 0. The van der Waals surface area contributed by atoms with Gasteiger partial charge in [0.15, 0.2) is 0 Å². The van der Waals surface area contributed by atoms with Crippen LogP contribution in [0.3, 0.4) is 0 Å². The average molecular weight is 554 g/mol. The summed E-state index contributed by atoms with van der Waals surface area (Å²) < 4.78 is 45.0. The molecule has 1 fully saturated rings. The highest BCUT2D eigenvalue weighted by molar-refractivity contribution is 6.01. The summed E-state index contributed by atoms with van der Waals surface area (Å²) in [5, 5.41) is 5.82. The van der Waals surface area contributed by atoms with Gasteiger partial charge in [-0.1, -0.05) is 42.5 Å². The Labute approximate surface area is 230 Å². The molecule has 1 saturated heterocycles. The fourth-order valence-corrected chi connectivity index (χ4v) is 5.05. The number of aromatic nitrogens is 2. The lowest BCUT2D eigenvalue weighted by Gasteiger charge is -2.23. The van der Waals surface area contributed by atoms with Crippen molar-refractivity contribution >= 4 is 17.8 Å². The first-order valence-electron chi connectivity index (χ1n) is 13.2. The number of aryl methyl sites for hydroxylation is 1. The number of rotatable bonds is 8. The Morgan fingerprint density at radius 3 is 2.62 bits per heavy atom. The van der Waals surface area contributed by atoms with Gasteiger partial charge in [0, 0.05) is 43.1 Å². The topological polar surface area (TPSA) is 96.5 Å². The van der Waals surface area contributed by atoms with Gasteiger partial charge in [-0.3, -0.25) is 9.59 Å². The number of amides is 2. The van der Waals surface area contributed by atoms with Crippen LogP contribution in [-0.2, 0) is 16.1 Å². The Morgan fingerprint density at radius 2 is 1.90 bits per heavy atom. The molecule has 3 aromatic rings. The molecule has 2 aliphatic heterocycles. The van der Waals surface area contributed by atoms with Crippen molar-refractivity contribution in [1.82, 2.24) is 20.2 Å². The zero-order chi connectivity index (χ0) is 28.3. The van der Waals surface area contributed by atoms with E-state index in [0.717, 1.165) is 29.5 Å². The molecule has 1 unspecified atom stereocenters.